The van der Waals surface area contributed by atoms with Gasteiger partial charge in [-0.05, 0) is 67.4 Å². The second-order valence-corrected chi connectivity index (χ2v) is 18.8. The van der Waals surface area contributed by atoms with Gasteiger partial charge in [0.1, 0.15) is 48.0 Å². The minimum atomic E-state index is -1.71. The van der Waals surface area contributed by atoms with Crippen molar-refractivity contribution in [3.05, 3.63) is 29.8 Å². The average Bonchev–Trinajstić information content (AvgIpc) is 3.79. The number of likely N-dealkylation sites (tertiary alicyclic amines) is 1. The molecule has 2 aliphatic rings. The van der Waals surface area contributed by atoms with E-state index in [4.69, 9.17) is 21.9 Å². The van der Waals surface area contributed by atoms with Crippen LogP contribution in [0.2, 0.25) is 0 Å². The Kier molecular flexibility index (Phi) is 23.2. The molecule has 2 heterocycles. The number of hydrogen-bond donors (Lipinski definition) is 10. The van der Waals surface area contributed by atoms with Gasteiger partial charge in [-0.2, -0.15) is 11.8 Å². The minimum Gasteiger partial charge on any atom is -0.497 e. The van der Waals surface area contributed by atoms with Crippen LogP contribution in [0.15, 0.2) is 24.3 Å². The van der Waals surface area contributed by atoms with Gasteiger partial charge < -0.3 is 64.1 Å². The summed E-state index contributed by atoms with van der Waals surface area (Å²) in [6.07, 6.45) is -0.176. The summed E-state index contributed by atoms with van der Waals surface area (Å²) in [6.45, 7) is 6.75. The van der Waals surface area contributed by atoms with Gasteiger partial charge in [-0.25, -0.2) is 0 Å². The van der Waals surface area contributed by atoms with Crippen molar-refractivity contribution in [3.8, 4) is 5.75 Å². The van der Waals surface area contributed by atoms with Crippen molar-refractivity contribution in [3.63, 3.8) is 0 Å². The number of primary amides is 3. The third kappa shape index (κ3) is 18.9. The normalized spacial score (nSPS) is 23.2. The van der Waals surface area contributed by atoms with Crippen LogP contribution in [0.4, 0.5) is 0 Å². The van der Waals surface area contributed by atoms with Crippen molar-refractivity contribution >= 4 is 76.7 Å². The SMILES string of the molecule is CC[C@H](C)[C@@H]1NC(=O)[C@H](Cc2ccc(OC)cc2)NC(=O)CCCSC[C@H](C(=O)N2CCC[C@H]2C(=O)N[C@@H](CC(C)C)C(=O)NCC(N)=O)NC(=O)[C@H](CC(N)=O)NC(=O)[C@H](CCC(N)=O)NC1=O. The summed E-state index contributed by atoms with van der Waals surface area (Å²) in [5, 5.41) is 18.2. The third-order valence-electron chi connectivity index (χ3n) is 11.6. The molecule has 8 atom stereocenters. The van der Waals surface area contributed by atoms with E-state index in [0.29, 0.717) is 24.2 Å². The standard InChI is InChI=1S/C45H69N11O12S/c1-6-25(4)38-44(66)51-28(15-16-34(46)57)40(62)52-31(21-35(47)58)41(63)54-32(23-69-18-8-10-37(60)50-30(42(64)55-38)20-26-11-13-27(68-5)14-12-26)45(67)56-17-7-9-33(56)43(65)53-29(19-24(2)3)39(61)49-22-36(48)59/h11-14,24-25,28-33,38H,6-10,15-23H2,1-5H3,(H2,46,57)(H2,47,58)(H2,48,59)(H,49,61)(H,50,60)(H,51,66)(H,52,62)(H,53,65)(H,54,63)(H,55,64)/t25-,28-,29-,30-,31-,32+,33-,38-/m0/s1. The monoisotopic (exact) mass is 987 g/mol. The van der Waals surface area contributed by atoms with E-state index in [0.717, 1.165) is 0 Å². The van der Waals surface area contributed by atoms with Crippen LogP contribution < -0.4 is 59.2 Å². The number of thioether (sulfide) groups is 1. The molecule has 2 fully saturated rings. The predicted molar refractivity (Wildman–Crippen MR) is 253 cm³/mol. The minimum absolute atomic E-state index is 0.0237. The van der Waals surface area contributed by atoms with Crippen LogP contribution in [0.25, 0.3) is 0 Å². The number of hydrogen-bond acceptors (Lipinski definition) is 13. The molecule has 1 aromatic rings. The number of nitrogens with one attached hydrogen (secondary N) is 7. The Balaban J connectivity index is 2.02. The van der Waals surface area contributed by atoms with Gasteiger partial charge in [0.05, 0.1) is 20.1 Å². The molecule has 2 aliphatic heterocycles. The number of nitrogens with two attached hydrogens (primary N) is 3. The van der Waals surface area contributed by atoms with Gasteiger partial charge in [-0.3, -0.25) is 52.7 Å². The summed E-state index contributed by atoms with van der Waals surface area (Å²) in [6, 6.07) is -2.40. The topological polar surface area (TPSA) is 363 Å². The van der Waals surface area contributed by atoms with E-state index in [-0.39, 0.29) is 62.5 Å². The first-order valence-corrected chi connectivity index (χ1v) is 24.2. The van der Waals surface area contributed by atoms with Crippen LogP contribution in [0.5, 0.6) is 5.75 Å². The van der Waals surface area contributed by atoms with Gasteiger partial charge in [0.25, 0.3) is 0 Å². The van der Waals surface area contributed by atoms with Crippen LogP contribution in [0.1, 0.15) is 91.0 Å². The number of benzene rings is 1. The van der Waals surface area contributed by atoms with Crippen molar-refractivity contribution in [1.29, 1.82) is 0 Å². The molecule has 0 bridgehead atoms. The van der Waals surface area contributed by atoms with Crippen LogP contribution in [0.3, 0.4) is 0 Å². The number of methoxy groups -OCH3 is 1. The highest BCUT2D eigenvalue weighted by Gasteiger charge is 2.40. The molecule has 382 valence electrons. The molecular weight excluding hydrogens is 919 g/mol. The van der Waals surface area contributed by atoms with E-state index >= 15 is 0 Å². The maximum Gasteiger partial charge on any atom is 0.246 e. The molecule has 2 saturated heterocycles. The number of carbonyl (C=O) groups is 11. The highest BCUT2D eigenvalue weighted by Crippen LogP contribution is 2.22. The van der Waals surface area contributed by atoms with E-state index in [1.54, 1.807) is 38.1 Å². The smallest absolute Gasteiger partial charge is 0.246 e. The number of nitrogens with zero attached hydrogens (tertiary/aromatic N) is 1. The molecular formula is C45H69N11O12S. The Labute approximate surface area is 405 Å². The van der Waals surface area contributed by atoms with Crippen molar-refractivity contribution < 1.29 is 57.5 Å². The number of ether oxygens (including phenoxy) is 1. The zero-order valence-corrected chi connectivity index (χ0v) is 40.7. The maximum absolute atomic E-state index is 14.5. The van der Waals surface area contributed by atoms with Gasteiger partial charge in [0.2, 0.25) is 65.0 Å². The van der Waals surface area contributed by atoms with E-state index < -0.39 is 133 Å². The number of amides is 11. The van der Waals surface area contributed by atoms with Crippen LogP contribution in [-0.4, -0.2) is 144 Å². The number of rotatable bonds is 18. The fourth-order valence-corrected chi connectivity index (χ4v) is 8.66. The average molecular weight is 988 g/mol. The first kappa shape index (κ1) is 56.9. The summed E-state index contributed by atoms with van der Waals surface area (Å²) in [7, 11) is 1.50. The van der Waals surface area contributed by atoms with Crippen molar-refractivity contribution in [1.82, 2.24) is 42.1 Å². The molecule has 3 rings (SSSR count). The molecule has 0 radical (unpaired) electrons. The van der Waals surface area contributed by atoms with Gasteiger partial charge >= 0.3 is 0 Å². The quantitative estimate of drug-likeness (QED) is 0.0728. The lowest BCUT2D eigenvalue weighted by Gasteiger charge is -2.31. The Morgan fingerprint density at radius 2 is 1.46 bits per heavy atom. The summed E-state index contributed by atoms with van der Waals surface area (Å²) in [5.74, 6) is -8.59. The Morgan fingerprint density at radius 1 is 0.812 bits per heavy atom. The molecule has 24 heteroatoms. The second kappa shape index (κ2) is 28.1. The first-order chi connectivity index (χ1) is 32.6. The molecule has 0 aromatic heterocycles. The zero-order chi connectivity index (χ0) is 51.4. The fourth-order valence-electron chi connectivity index (χ4n) is 7.68. The summed E-state index contributed by atoms with van der Waals surface area (Å²) >= 11 is 1.18. The lowest BCUT2D eigenvalue weighted by Crippen LogP contribution is -2.61. The molecule has 1 aromatic carbocycles. The van der Waals surface area contributed by atoms with Crippen LogP contribution in [0, 0.1) is 11.8 Å². The van der Waals surface area contributed by atoms with E-state index in [1.165, 1.54) is 23.8 Å². The molecule has 13 N–H and O–H groups in total. The molecule has 0 unspecified atom stereocenters. The van der Waals surface area contributed by atoms with Crippen molar-refractivity contribution in [2.24, 2.45) is 29.0 Å². The number of carbonyl (C=O) groups excluding carboxylic acids is 11. The highest BCUT2D eigenvalue weighted by molar-refractivity contribution is 7.99. The molecule has 11 amide bonds. The lowest BCUT2D eigenvalue weighted by molar-refractivity contribution is -0.142. The van der Waals surface area contributed by atoms with Gasteiger partial charge in [-0.15, -0.1) is 0 Å². The predicted octanol–water partition coefficient (Wildman–Crippen LogP) is -2.50. The fraction of sp³-hybridized carbons (Fsp3) is 0.622. The lowest BCUT2D eigenvalue weighted by atomic mass is 9.96. The first-order valence-electron chi connectivity index (χ1n) is 23.1. The van der Waals surface area contributed by atoms with Crippen molar-refractivity contribution in [2.75, 3.05) is 31.7 Å². The molecule has 0 aliphatic carbocycles. The Morgan fingerprint density at radius 3 is 2.07 bits per heavy atom. The summed E-state index contributed by atoms with van der Waals surface area (Å²) in [5.41, 5.74) is 16.8. The summed E-state index contributed by atoms with van der Waals surface area (Å²) in [4.78, 5) is 148. The van der Waals surface area contributed by atoms with Gasteiger partial charge in [-0.1, -0.05) is 46.2 Å². The summed E-state index contributed by atoms with van der Waals surface area (Å²) < 4.78 is 5.25. The molecule has 69 heavy (non-hydrogen) atoms. The Bertz CT molecular complexity index is 2020. The zero-order valence-electron chi connectivity index (χ0n) is 39.9. The molecule has 0 spiro atoms. The van der Waals surface area contributed by atoms with Crippen molar-refractivity contribution in [2.45, 2.75) is 134 Å². The second-order valence-electron chi connectivity index (χ2n) is 17.6. The largest absolute Gasteiger partial charge is 0.497 e. The highest BCUT2D eigenvalue weighted by atomic mass is 32.2. The van der Waals surface area contributed by atoms with E-state index in [2.05, 4.69) is 37.2 Å². The maximum atomic E-state index is 14.5. The Hall–Kier alpha value is -6.46. The van der Waals surface area contributed by atoms with Crippen LogP contribution in [-0.2, 0) is 59.2 Å². The van der Waals surface area contributed by atoms with Gasteiger partial charge in [0, 0.05) is 31.6 Å². The molecule has 0 saturated carbocycles. The van der Waals surface area contributed by atoms with E-state index in [9.17, 15) is 52.7 Å². The van der Waals surface area contributed by atoms with E-state index in [1.807, 2.05) is 13.8 Å². The third-order valence-corrected chi connectivity index (χ3v) is 12.7. The molecule has 23 nitrogen and oxygen atoms in total. The van der Waals surface area contributed by atoms with Gasteiger partial charge in [0.15, 0.2) is 0 Å². The van der Waals surface area contributed by atoms with Crippen LogP contribution >= 0.6 is 11.8 Å².